The molecule has 1 atom stereocenters. The zero-order chi connectivity index (χ0) is 16.9. The monoisotopic (exact) mass is 326 g/mol. The number of carbonyl (C=O) groups excluding carboxylic acids is 2. The molecule has 0 spiro atoms. The molecular weight excluding hydrogens is 308 g/mol. The van der Waals surface area contributed by atoms with Crippen LogP contribution in [0.1, 0.15) is 0 Å². The van der Waals surface area contributed by atoms with E-state index in [4.69, 9.17) is 9.47 Å². The molecule has 0 aliphatic carbocycles. The highest BCUT2D eigenvalue weighted by molar-refractivity contribution is 6.40. The molecule has 3 rings (SSSR count). The number of carbonyl (C=O) groups is 2. The predicted octanol–water partition coefficient (Wildman–Crippen LogP) is 1.61. The first-order valence-corrected chi connectivity index (χ1v) is 7.64. The van der Waals surface area contributed by atoms with Gasteiger partial charge in [0.15, 0.2) is 11.5 Å². The van der Waals surface area contributed by atoms with Crippen molar-refractivity contribution in [3.8, 4) is 11.5 Å². The van der Waals surface area contributed by atoms with E-state index in [1.54, 1.807) is 25.2 Å². The van der Waals surface area contributed by atoms with Crippen molar-refractivity contribution in [2.75, 3.05) is 25.1 Å². The number of ether oxygens (including phenoxy) is 2. The van der Waals surface area contributed by atoms with E-state index in [0.29, 0.717) is 23.8 Å². The lowest BCUT2D eigenvalue weighted by Crippen LogP contribution is -2.46. The Labute approximate surface area is 140 Å². The summed E-state index contributed by atoms with van der Waals surface area (Å²) in [6.45, 7) is 0.515. The van der Waals surface area contributed by atoms with Crippen LogP contribution in [-0.4, -0.2) is 38.1 Å². The highest BCUT2D eigenvalue weighted by Gasteiger charge is 2.24. The molecule has 0 saturated heterocycles. The molecule has 0 radical (unpaired) electrons. The number of fused-ring (bicyclic) bond motifs is 1. The molecule has 2 aromatic carbocycles. The van der Waals surface area contributed by atoms with E-state index in [-0.39, 0.29) is 12.6 Å². The van der Waals surface area contributed by atoms with Crippen LogP contribution in [0.15, 0.2) is 54.6 Å². The third kappa shape index (κ3) is 3.48. The van der Waals surface area contributed by atoms with Crippen LogP contribution in [0, 0.1) is 0 Å². The lowest BCUT2D eigenvalue weighted by Gasteiger charge is -2.26. The van der Waals surface area contributed by atoms with E-state index < -0.39 is 11.8 Å². The second-order valence-electron chi connectivity index (χ2n) is 5.41. The molecule has 124 valence electrons. The third-order valence-electron chi connectivity index (χ3n) is 3.70. The summed E-state index contributed by atoms with van der Waals surface area (Å²) < 4.78 is 11.3. The average molecular weight is 326 g/mol. The molecule has 6 heteroatoms. The predicted molar refractivity (Wildman–Crippen MR) is 89.2 cm³/mol. The van der Waals surface area contributed by atoms with Crippen LogP contribution in [0.4, 0.5) is 5.69 Å². The van der Waals surface area contributed by atoms with Crippen molar-refractivity contribution in [3.05, 3.63) is 54.6 Å². The van der Waals surface area contributed by atoms with Crippen LogP contribution in [0.25, 0.3) is 0 Å². The second kappa shape index (κ2) is 7.04. The quantitative estimate of drug-likeness (QED) is 0.870. The van der Waals surface area contributed by atoms with Crippen LogP contribution in [-0.2, 0) is 9.59 Å². The summed E-state index contributed by atoms with van der Waals surface area (Å²) in [4.78, 5) is 25.5. The molecule has 0 fully saturated rings. The largest absolute Gasteiger partial charge is 0.486 e. The maximum atomic E-state index is 12.2. The van der Waals surface area contributed by atoms with E-state index in [9.17, 15) is 9.59 Å². The summed E-state index contributed by atoms with van der Waals surface area (Å²) in [7, 11) is 1.56. The van der Waals surface area contributed by atoms with Gasteiger partial charge < -0.3 is 19.7 Å². The van der Waals surface area contributed by atoms with E-state index in [2.05, 4.69) is 5.32 Å². The van der Waals surface area contributed by atoms with Gasteiger partial charge in [0.1, 0.15) is 12.7 Å². The Balaban J connectivity index is 1.53. The Hall–Kier alpha value is -3.02. The summed E-state index contributed by atoms with van der Waals surface area (Å²) >= 11 is 0. The molecule has 1 unspecified atom stereocenters. The number of hydrogen-bond acceptors (Lipinski definition) is 4. The fraction of sp³-hybridized carbons (Fsp3) is 0.222. The number of anilines is 1. The Morgan fingerprint density at radius 3 is 2.50 bits per heavy atom. The average Bonchev–Trinajstić information content (AvgIpc) is 2.65. The van der Waals surface area contributed by atoms with Crippen molar-refractivity contribution in [1.82, 2.24) is 5.32 Å². The van der Waals surface area contributed by atoms with Crippen molar-refractivity contribution in [1.29, 1.82) is 0 Å². The Morgan fingerprint density at radius 2 is 1.75 bits per heavy atom. The summed E-state index contributed by atoms with van der Waals surface area (Å²) in [5.41, 5.74) is 0.656. The second-order valence-corrected chi connectivity index (χ2v) is 5.41. The van der Waals surface area contributed by atoms with Crippen LogP contribution in [0.2, 0.25) is 0 Å². The van der Waals surface area contributed by atoms with Crippen LogP contribution in [0.3, 0.4) is 0 Å². The van der Waals surface area contributed by atoms with Gasteiger partial charge in [0.05, 0.1) is 6.54 Å². The Kier molecular flexibility index (Phi) is 4.65. The molecule has 1 heterocycles. The highest BCUT2D eigenvalue weighted by Crippen LogP contribution is 2.30. The van der Waals surface area contributed by atoms with Gasteiger partial charge in [0, 0.05) is 12.7 Å². The lowest BCUT2D eigenvalue weighted by molar-refractivity contribution is -0.137. The van der Waals surface area contributed by atoms with Crippen LogP contribution < -0.4 is 19.7 Å². The molecular formula is C18H18N2O4. The zero-order valence-electron chi connectivity index (χ0n) is 13.3. The summed E-state index contributed by atoms with van der Waals surface area (Å²) in [5, 5.41) is 2.60. The van der Waals surface area contributed by atoms with Gasteiger partial charge >= 0.3 is 11.8 Å². The number of benzene rings is 2. The molecule has 1 N–H and O–H groups in total. The lowest BCUT2D eigenvalue weighted by atomic mass is 10.2. The van der Waals surface area contributed by atoms with Gasteiger partial charge in [0.2, 0.25) is 0 Å². The number of nitrogens with one attached hydrogen (secondary N) is 1. The maximum absolute atomic E-state index is 12.2. The Bertz CT molecular complexity index is 733. The topological polar surface area (TPSA) is 67.9 Å². The van der Waals surface area contributed by atoms with Crippen molar-refractivity contribution in [3.63, 3.8) is 0 Å². The minimum Gasteiger partial charge on any atom is -0.486 e. The minimum absolute atomic E-state index is 0.196. The van der Waals surface area contributed by atoms with Gasteiger partial charge in [-0.25, -0.2) is 0 Å². The van der Waals surface area contributed by atoms with Gasteiger partial charge in [-0.05, 0) is 24.3 Å². The first-order chi connectivity index (χ1) is 11.6. The van der Waals surface area contributed by atoms with Gasteiger partial charge in [-0.3, -0.25) is 9.59 Å². The van der Waals surface area contributed by atoms with Crippen molar-refractivity contribution in [2.24, 2.45) is 0 Å². The molecule has 0 bridgehead atoms. The van der Waals surface area contributed by atoms with Crippen molar-refractivity contribution in [2.45, 2.75) is 6.10 Å². The van der Waals surface area contributed by atoms with Crippen LogP contribution in [0.5, 0.6) is 11.5 Å². The molecule has 0 saturated carbocycles. The number of amides is 2. The number of para-hydroxylation sites is 3. The number of hydrogen-bond donors (Lipinski definition) is 1. The van der Waals surface area contributed by atoms with Crippen LogP contribution >= 0.6 is 0 Å². The zero-order valence-corrected chi connectivity index (χ0v) is 13.3. The third-order valence-corrected chi connectivity index (χ3v) is 3.70. The molecule has 6 nitrogen and oxygen atoms in total. The number of nitrogens with zero attached hydrogens (tertiary/aromatic N) is 1. The van der Waals surface area contributed by atoms with E-state index in [1.165, 1.54) is 4.90 Å². The van der Waals surface area contributed by atoms with Gasteiger partial charge in [-0.15, -0.1) is 0 Å². The summed E-state index contributed by atoms with van der Waals surface area (Å²) in [6, 6.07) is 16.3. The molecule has 1 aliphatic heterocycles. The van der Waals surface area contributed by atoms with E-state index in [1.807, 2.05) is 36.4 Å². The van der Waals surface area contributed by atoms with Gasteiger partial charge in [-0.1, -0.05) is 30.3 Å². The maximum Gasteiger partial charge on any atom is 0.316 e. The fourth-order valence-electron chi connectivity index (χ4n) is 2.37. The fourth-order valence-corrected chi connectivity index (χ4v) is 2.37. The molecule has 1 aliphatic rings. The molecule has 2 aromatic rings. The molecule has 0 aromatic heterocycles. The highest BCUT2D eigenvalue weighted by atomic mass is 16.6. The summed E-state index contributed by atoms with van der Waals surface area (Å²) in [5.74, 6) is 0.0119. The number of rotatable bonds is 3. The first kappa shape index (κ1) is 15.9. The van der Waals surface area contributed by atoms with Crippen molar-refractivity contribution < 1.29 is 19.1 Å². The van der Waals surface area contributed by atoms with E-state index in [0.717, 1.165) is 0 Å². The Morgan fingerprint density at radius 1 is 1.08 bits per heavy atom. The smallest absolute Gasteiger partial charge is 0.316 e. The van der Waals surface area contributed by atoms with Gasteiger partial charge in [-0.2, -0.15) is 0 Å². The standard InChI is InChI=1S/C18H18N2O4/c1-20(13-7-3-2-4-8-13)18(22)17(21)19-11-14-12-23-15-9-5-6-10-16(15)24-14/h2-10,14H,11-12H2,1H3,(H,19,21). The minimum atomic E-state index is -0.677. The number of likely N-dealkylation sites (N-methyl/N-ethyl adjacent to an activating group) is 1. The van der Waals surface area contributed by atoms with Gasteiger partial charge in [0.25, 0.3) is 0 Å². The first-order valence-electron chi connectivity index (χ1n) is 7.64. The summed E-state index contributed by atoms with van der Waals surface area (Å²) in [6.07, 6.45) is -0.335. The molecule has 24 heavy (non-hydrogen) atoms. The van der Waals surface area contributed by atoms with E-state index >= 15 is 0 Å². The normalized spacial score (nSPS) is 15.5. The van der Waals surface area contributed by atoms with Crippen molar-refractivity contribution >= 4 is 17.5 Å². The SMILES string of the molecule is CN(C(=O)C(=O)NCC1COc2ccccc2O1)c1ccccc1. The molecule has 2 amide bonds.